The molecule has 1 atom stereocenters. The van der Waals surface area contributed by atoms with Crippen LogP contribution in [0.1, 0.15) is 48.8 Å². The van der Waals surface area contributed by atoms with E-state index in [0.717, 1.165) is 53.1 Å². The summed E-state index contributed by atoms with van der Waals surface area (Å²) >= 11 is 0. The van der Waals surface area contributed by atoms with Crippen LogP contribution in [0.2, 0.25) is 0 Å². The fraction of sp³-hybridized carbons (Fsp3) is 0.316. The van der Waals surface area contributed by atoms with Crippen LogP contribution in [0.3, 0.4) is 0 Å². The Morgan fingerprint density at radius 2 is 1.51 bits per heavy atom. The minimum atomic E-state index is -4.19. The van der Waals surface area contributed by atoms with Gasteiger partial charge in [-0.3, -0.25) is 13.9 Å². The van der Waals surface area contributed by atoms with Gasteiger partial charge in [-0.15, -0.1) is 0 Å². The van der Waals surface area contributed by atoms with E-state index in [1.165, 1.54) is 19.2 Å². The largest absolute Gasteiger partial charge is 0.497 e. The number of nitrogens with one attached hydrogen (secondary N) is 1. The number of nitrogens with zero attached hydrogens (tertiary/aromatic N) is 2. The summed E-state index contributed by atoms with van der Waals surface area (Å²) in [6, 6.07) is 31.2. The van der Waals surface area contributed by atoms with E-state index in [0.29, 0.717) is 5.75 Å². The van der Waals surface area contributed by atoms with Crippen LogP contribution in [-0.2, 0) is 32.6 Å². The van der Waals surface area contributed by atoms with Gasteiger partial charge < -0.3 is 15.0 Å². The molecule has 0 radical (unpaired) electrons. The Kier molecular flexibility index (Phi) is 11.3. The van der Waals surface area contributed by atoms with Crippen molar-refractivity contribution in [1.29, 1.82) is 0 Å². The number of amides is 2. The molecule has 1 aliphatic rings. The third kappa shape index (κ3) is 8.60. The number of hydrogen-bond acceptors (Lipinski definition) is 5. The van der Waals surface area contributed by atoms with E-state index in [2.05, 4.69) is 5.32 Å². The first-order valence-electron chi connectivity index (χ1n) is 16.2. The molecule has 9 heteroatoms. The molecule has 8 nitrogen and oxygen atoms in total. The van der Waals surface area contributed by atoms with Crippen molar-refractivity contribution >= 4 is 27.5 Å². The summed E-state index contributed by atoms with van der Waals surface area (Å²) in [6.07, 6.45) is 5.32. The molecule has 0 aliphatic heterocycles. The van der Waals surface area contributed by atoms with Crippen LogP contribution in [0.4, 0.5) is 5.69 Å². The second-order valence-corrected chi connectivity index (χ2v) is 13.9. The molecule has 1 N–H and O–H groups in total. The summed E-state index contributed by atoms with van der Waals surface area (Å²) < 4.78 is 34.9. The zero-order valence-corrected chi connectivity index (χ0v) is 27.9. The Morgan fingerprint density at radius 1 is 0.851 bits per heavy atom. The predicted molar refractivity (Wildman–Crippen MR) is 185 cm³/mol. The highest BCUT2D eigenvalue weighted by molar-refractivity contribution is 7.92. The van der Waals surface area contributed by atoms with Crippen LogP contribution >= 0.6 is 0 Å². The van der Waals surface area contributed by atoms with E-state index in [1.807, 2.05) is 61.5 Å². The van der Waals surface area contributed by atoms with Crippen LogP contribution in [0.15, 0.2) is 114 Å². The molecule has 0 heterocycles. The first-order valence-corrected chi connectivity index (χ1v) is 17.6. The highest BCUT2D eigenvalue weighted by Gasteiger charge is 2.35. The molecule has 1 saturated carbocycles. The van der Waals surface area contributed by atoms with Crippen LogP contribution in [0.25, 0.3) is 0 Å². The summed E-state index contributed by atoms with van der Waals surface area (Å²) in [5.74, 6) is -0.273. The summed E-state index contributed by atoms with van der Waals surface area (Å²) in [5.41, 5.74) is 3.03. The van der Waals surface area contributed by atoms with Gasteiger partial charge in [0.05, 0.1) is 17.7 Å². The zero-order chi connectivity index (χ0) is 33.2. The Labute approximate surface area is 278 Å². The molecule has 47 heavy (non-hydrogen) atoms. The van der Waals surface area contributed by atoms with Crippen molar-refractivity contribution in [3.8, 4) is 5.75 Å². The molecule has 0 aromatic heterocycles. The second kappa shape index (κ2) is 15.8. The lowest BCUT2D eigenvalue weighted by Gasteiger charge is -2.35. The molecule has 1 fully saturated rings. The van der Waals surface area contributed by atoms with Crippen LogP contribution in [0.5, 0.6) is 5.75 Å². The molecule has 0 spiro atoms. The molecule has 4 aromatic rings. The van der Waals surface area contributed by atoms with Gasteiger partial charge in [0.1, 0.15) is 18.3 Å². The molecule has 2 amide bonds. The monoisotopic (exact) mass is 653 g/mol. The van der Waals surface area contributed by atoms with E-state index in [9.17, 15) is 18.0 Å². The second-order valence-electron chi connectivity index (χ2n) is 12.0. The Hall–Kier alpha value is -4.63. The molecule has 5 rings (SSSR count). The fourth-order valence-electron chi connectivity index (χ4n) is 6.08. The zero-order valence-electron chi connectivity index (χ0n) is 27.0. The average molecular weight is 654 g/mol. The van der Waals surface area contributed by atoms with Crippen molar-refractivity contribution in [2.75, 3.05) is 18.0 Å². The highest BCUT2D eigenvalue weighted by atomic mass is 32.2. The lowest BCUT2D eigenvalue weighted by atomic mass is 9.94. The minimum Gasteiger partial charge on any atom is -0.497 e. The number of carbonyl (C=O) groups excluding carboxylic acids is 2. The fourth-order valence-corrected chi connectivity index (χ4v) is 7.51. The number of aryl methyl sites for hydroxylation is 1. The summed E-state index contributed by atoms with van der Waals surface area (Å²) in [4.78, 5) is 30.6. The maximum atomic E-state index is 14.7. The van der Waals surface area contributed by atoms with Crippen molar-refractivity contribution in [1.82, 2.24) is 10.2 Å². The van der Waals surface area contributed by atoms with Gasteiger partial charge in [-0.2, -0.15) is 0 Å². The van der Waals surface area contributed by atoms with Gasteiger partial charge >= 0.3 is 0 Å². The Morgan fingerprint density at radius 3 is 2.19 bits per heavy atom. The van der Waals surface area contributed by atoms with Gasteiger partial charge in [-0.05, 0) is 60.7 Å². The topological polar surface area (TPSA) is 96.0 Å². The molecule has 0 unspecified atom stereocenters. The molecule has 246 valence electrons. The SMILES string of the molecule is COc1cccc(N(CC(=O)N(Cc2ccccc2C)[C@@H](Cc2ccccc2)C(=O)NC2CCCCC2)S(=O)(=O)c2ccccc2)c1. The van der Waals surface area contributed by atoms with Crippen LogP contribution in [-0.4, -0.2) is 50.9 Å². The maximum absolute atomic E-state index is 14.7. The van der Waals surface area contributed by atoms with Crippen LogP contribution in [0, 0.1) is 6.92 Å². The number of hydrogen-bond donors (Lipinski definition) is 1. The third-order valence-corrected chi connectivity index (χ3v) is 10.6. The maximum Gasteiger partial charge on any atom is 0.264 e. The summed E-state index contributed by atoms with van der Waals surface area (Å²) in [5, 5.41) is 3.25. The molecule has 1 aliphatic carbocycles. The predicted octanol–water partition coefficient (Wildman–Crippen LogP) is 6.29. The Bertz CT molecular complexity index is 1740. The van der Waals surface area contributed by atoms with E-state index < -0.39 is 28.5 Å². The molecule has 0 saturated heterocycles. The van der Waals surface area contributed by atoms with Crippen molar-refractivity contribution in [2.24, 2.45) is 0 Å². The average Bonchev–Trinajstić information content (AvgIpc) is 3.10. The summed E-state index contributed by atoms with van der Waals surface area (Å²) in [6.45, 7) is 1.59. The number of carbonyl (C=O) groups is 2. The highest BCUT2D eigenvalue weighted by Crippen LogP contribution is 2.28. The van der Waals surface area contributed by atoms with Crippen molar-refractivity contribution in [2.45, 2.75) is 69.0 Å². The third-order valence-electron chi connectivity index (χ3n) is 8.78. The molecular formula is C38H43N3O5S. The first kappa shape index (κ1) is 33.7. The van der Waals surface area contributed by atoms with Crippen molar-refractivity contribution < 1.29 is 22.7 Å². The normalized spacial score (nSPS) is 14.2. The standard InChI is InChI=1S/C38H43N3O5S/c1-29-15-12-13-18-31(29)27-40(36(25-30-16-6-3-7-17-30)38(43)39-32-19-8-4-9-20-32)37(42)28-41(33-21-14-22-34(26-33)46-2)47(44,45)35-23-10-5-11-24-35/h3,5-7,10-18,21-24,26,32,36H,4,8-9,19-20,25,27-28H2,1-2H3,(H,39,43)/t36-/m0/s1. The summed E-state index contributed by atoms with van der Waals surface area (Å²) in [7, 11) is -2.68. The van der Waals surface area contributed by atoms with Crippen molar-refractivity contribution in [3.05, 3.63) is 126 Å². The van der Waals surface area contributed by atoms with Gasteiger partial charge in [0, 0.05) is 25.1 Å². The van der Waals surface area contributed by atoms with Gasteiger partial charge in [-0.1, -0.05) is 98.1 Å². The minimum absolute atomic E-state index is 0.0386. The van der Waals surface area contributed by atoms with Gasteiger partial charge in [0.15, 0.2) is 0 Å². The molecule has 0 bridgehead atoms. The lowest BCUT2D eigenvalue weighted by molar-refractivity contribution is -0.140. The van der Waals surface area contributed by atoms with E-state index in [1.54, 1.807) is 47.4 Å². The van der Waals surface area contributed by atoms with E-state index in [-0.39, 0.29) is 35.5 Å². The molecule has 4 aromatic carbocycles. The lowest BCUT2D eigenvalue weighted by Crippen LogP contribution is -2.55. The van der Waals surface area contributed by atoms with Gasteiger partial charge in [0.25, 0.3) is 10.0 Å². The van der Waals surface area contributed by atoms with Gasteiger partial charge in [-0.25, -0.2) is 8.42 Å². The smallest absolute Gasteiger partial charge is 0.264 e. The van der Waals surface area contributed by atoms with E-state index >= 15 is 0 Å². The quantitative estimate of drug-likeness (QED) is 0.183. The number of rotatable bonds is 13. The molecular weight excluding hydrogens is 611 g/mol. The number of anilines is 1. The number of ether oxygens (including phenoxy) is 1. The van der Waals surface area contributed by atoms with Crippen LogP contribution < -0.4 is 14.4 Å². The van der Waals surface area contributed by atoms with Crippen molar-refractivity contribution in [3.63, 3.8) is 0 Å². The van der Waals surface area contributed by atoms with Gasteiger partial charge in [0.2, 0.25) is 11.8 Å². The number of methoxy groups -OCH3 is 1. The first-order chi connectivity index (χ1) is 22.8. The number of sulfonamides is 1. The Balaban J connectivity index is 1.57. The van der Waals surface area contributed by atoms with E-state index in [4.69, 9.17) is 4.74 Å². The number of benzene rings is 4.